The summed E-state index contributed by atoms with van der Waals surface area (Å²) in [6, 6.07) is 2.05. The Kier molecular flexibility index (Phi) is 2.60. The maximum absolute atomic E-state index is 5.25. The van der Waals surface area contributed by atoms with Gasteiger partial charge in [-0.15, -0.1) is 0 Å². The van der Waals surface area contributed by atoms with E-state index in [1.807, 2.05) is 13.1 Å². The van der Waals surface area contributed by atoms with Crippen molar-refractivity contribution in [1.82, 2.24) is 15.0 Å². The number of nitrogens with one attached hydrogen (secondary N) is 1. The fraction of sp³-hybridized carbons (Fsp3) is 0.750. The van der Waals surface area contributed by atoms with Crippen molar-refractivity contribution < 1.29 is 4.52 Å². The molecular formula is C12H20N4O. The lowest BCUT2D eigenvalue weighted by Gasteiger charge is -2.37. The molecule has 94 valence electrons. The highest BCUT2D eigenvalue weighted by Crippen LogP contribution is 2.51. The lowest BCUT2D eigenvalue weighted by molar-refractivity contribution is 0.0935. The zero-order valence-electron chi connectivity index (χ0n) is 10.6. The van der Waals surface area contributed by atoms with Crippen LogP contribution in [0.25, 0.3) is 0 Å². The van der Waals surface area contributed by atoms with Crippen LogP contribution < -0.4 is 5.32 Å². The molecule has 0 amide bonds. The summed E-state index contributed by atoms with van der Waals surface area (Å²) in [7, 11) is 4.05. The lowest BCUT2D eigenvalue weighted by atomic mass is 10.1. The first-order valence-electron chi connectivity index (χ1n) is 6.33. The van der Waals surface area contributed by atoms with Crippen LogP contribution in [0.2, 0.25) is 0 Å². The molecule has 2 heterocycles. The average molecular weight is 236 g/mol. The molecule has 17 heavy (non-hydrogen) atoms. The van der Waals surface area contributed by atoms with Gasteiger partial charge in [0.15, 0.2) is 0 Å². The predicted octanol–water partition coefficient (Wildman–Crippen LogP) is 0.953. The Hall–Kier alpha value is -1.07. The number of hydrogen-bond acceptors (Lipinski definition) is 5. The van der Waals surface area contributed by atoms with E-state index in [1.165, 1.54) is 12.8 Å². The fourth-order valence-electron chi connectivity index (χ4n) is 2.70. The second kappa shape index (κ2) is 3.99. The van der Waals surface area contributed by atoms with Gasteiger partial charge in [-0.05, 0) is 19.9 Å². The molecule has 2 aliphatic rings. The van der Waals surface area contributed by atoms with E-state index >= 15 is 0 Å². The summed E-state index contributed by atoms with van der Waals surface area (Å²) in [5, 5.41) is 7.22. The van der Waals surface area contributed by atoms with Crippen LogP contribution >= 0.6 is 0 Å². The van der Waals surface area contributed by atoms with Crippen molar-refractivity contribution >= 4 is 5.88 Å². The summed E-state index contributed by atoms with van der Waals surface area (Å²) in [4.78, 5) is 4.96. The second-order valence-electron chi connectivity index (χ2n) is 5.15. The van der Waals surface area contributed by atoms with Crippen LogP contribution in [0.5, 0.6) is 0 Å². The van der Waals surface area contributed by atoms with Crippen molar-refractivity contribution in [3.05, 3.63) is 11.8 Å². The van der Waals surface area contributed by atoms with E-state index in [0.29, 0.717) is 0 Å². The van der Waals surface area contributed by atoms with Gasteiger partial charge >= 0.3 is 0 Å². The quantitative estimate of drug-likeness (QED) is 0.846. The first kappa shape index (κ1) is 11.0. The van der Waals surface area contributed by atoms with E-state index in [2.05, 4.69) is 27.3 Å². The topological polar surface area (TPSA) is 44.5 Å². The Balaban J connectivity index is 1.77. The molecule has 1 aliphatic heterocycles. The van der Waals surface area contributed by atoms with Crippen molar-refractivity contribution in [3.8, 4) is 0 Å². The van der Waals surface area contributed by atoms with E-state index in [0.717, 1.165) is 37.8 Å². The van der Waals surface area contributed by atoms with Gasteiger partial charge in [0, 0.05) is 39.3 Å². The molecule has 0 aromatic carbocycles. The molecule has 5 nitrogen and oxygen atoms in total. The van der Waals surface area contributed by atoms with Gasteiger partial charge in [-0.1, -0.05) is 5.16 Å². The number of aromatic nitrogens is 1. The third-order valence-electron chi connectivity index (χ3n) is 4.07. The molecule has 0 atom stereocenters. The summed E-state index contributed by atoms with van der Waals surface area (Å²) >= 11 is 0. The number of nitrogens with zero attached hydrogens (tertiary/aromatic N) is 3. The monoisotopic (exact) mass is 236 g/mol. The number of likely N-dealkylation sites (N-methyl/N-ethyl adjacent to an activating group) is 1. The Labute approximate surface area is 102 Å². The highest BCUT2D eigenvalue weighted by molar-refractivity contribution is 5.36. The number of hydrogen-bond donors (Lipinski definition) is 1. The zero-order valence-corrected chi connectivity index (χ0v) is 10.6. The van der Waals surface area contributed by atoms with E-state index in [9.17, 15) is 0 Å². The van der Waals surface area contributed by atoms with Crippen molar-refractivity contribution in [3.63, 3.8) is 0 Å². The van der Waals surface area contributed by atoms with Gasteiger partial charge in [0.25, 0.3) is 0 Å². The largest absolute Gasteiger partial charge is 0.357 e. The second-order valence-corrected chi connectivity index (χ2v) is 5.15. The molecular weight excluding hydrogens is 216 g/mol. The van der Waals surface area contributed by atoms with Gasteiger partial charge < -0.3 is 14.7 Å². The maximum Gasteiger partial charge on any atom is 0.224 e. The van der Waals surface area contributed by atoms with Gasteiger partial charge in [-0.3, -0.25) is 4.90 Å². The summed E-state index contributed by atoms with van der Waals surface area (Å²) in [6.07, 6.45) is 2.43. The Morgan fingerprint density at radius 2 is 2.00 bits per heavy atom. The predicted molar refractivity (Wildman–Crippen MR) is 66.0 cm³/mol. The van der Waals surface area contributed by atoms with Gasteiger partial charge in [0.2, 0.25) is 5.88 Å². The summed E-state index contributed by atoms with van der Waals surface area (Å²) in [6.45, 7) is 4.58. The standard InChI is InChI=1S/C12H20N4O/c1-13-11-9-10(14-17-11)12(3-4-12)16-7-5-15(2)6-8-16/h9,13H,3-8H2,1-2H3. The number of anilines is 1. The number of rotatable bonds is 3. The fourth-order valence-corrected chi connectivity index (χ4v) is 2.70. The summed E-state index contributed by atoms with van der Waals surface area (Å²) in [5.74, 6) is 0.764. The molecule has 3 rings (SSSR count). The third-order valence-corrected chi connectivity index (χ3v) is 4.07. The summed E-state index contributed by atoms with van der Waals surface area (Å²) in [5.41, 5.74) is 1.28. The van der Waals surface area contributed by atoms with E-state index in [4.69, 9.17) is 4.52 Å². The normalized spacial score (nSPS) is 24.8. The molecule has 0 spiro atoms. The summed E-state index contributed by atoms with van der Waals surface area (Å²) < 4.78 is 5.25. The van der Waals surface area contributed by atoms with Gasteiger partial charge in [-0.2, -0.15) is 0 Å². The molecule has 1 saturated carbocycles. The van der Waals surface area contributed by atoms with Crippen LogP contribution in [0.15, 0.2) is 10.6 Å². The Morgan fingerprint density at radius 3 is 2.53 bits per heavy atom. The van der Waals surface area contributed by atoms with E-state index < -0.39 is 0 Å². The smallest absolute Gasteiger partial charge is 0.224 e. The Bertz CT molecular complexity index is 391. The van der Waals surface area contributed by atoms with Gasteiger partial charge in [-0.25, -0.2) is 0 Å². The van der Waals surface area contributed by atoms with Crippen LogP contribution in [-0.4, -0.2) is 55.2 Å². The van der Waals surface area contributed by atoms with Crippen LogP contribution in [0.4, 0.5) is 5.88 Å². The number of piperazine rings is 1. The molecule has 1 N–H and O–H groups in total. The molecule has 0 bridgehead atoms. The molecule has 1 saturated heterocycles. The molecule has 1 aromatic heterocycles. The minimum atomic E-state index is 0.180. The van der Waals surface area contributed by atoms with Crippen LogP contribution in [-0.2, 0) is 5.54 Å². The van der Waals surface area contributed by atoms with E-state index in [-0.39, 0.29) is 5.54 Å². The lowest BCUT2D eigenvalue weighted by Crippen LogP contribution is -2.49. The minimum Gasteiger partial charge on any atom is -0.357 e. The Morgan fingerprint density at radius 1 is 1.29 bits per heavy atom. The highest BCUT2D eigenvalue weighted by atomic mass is 16.5. The SMILES string of the molecule is CNc1cc(C2(N3CCN(C)CC3)CC2)no1. The molecule has 1 aromatic rings. The van der Waals surface area contributed by atoms with Crippen molar-refractivity contribution in [1.29, 1.82) is 0 Å². The third kappa shape index (κ3) is 1.83. The maximum atomic E-state index is 5.25. The van der Waals surface area contributed by atoms with Crippen LogP contribution in [0, 0.1) is 0 Å². The molecule has 1 aliphatic carbocycles. The van der Waals surface area contributed by atoms with Crippen LogP contribution in [0.1, 0.15) is 18.5 Å². The molecule has 5 heteroatoms. The van der Waals surface area contributed by atoms with Crippen molar-refractivity contribution in [2.24, 2.45) is 0 Å². The van der Waals surface area contributed by atoms with Gasteiger partial charge in [0.05, 0.1) is 5.54 Å². The molecule has 0 radical (unpaired) electrons. The average Bonchev–Trinajstić information content (AvgIpc) is 3.02. The molecule has 0 unspecified atom stereocenters. The zero-order chi connectivity index (χ0) is 11.9. The first-order chi connectivity index (χ1) is 8.24. The minimum absolute atomic E-state index is 0.180. The molecule has 2 fully saturated rings. The van der Waals surface area contributed by atoms with Crippen molar-refractivity contribution in [2.75, 3.05) is 45.6 Å². The van der Waals surface area contributed by atoms with Gasteiger partial charge in [0.1, 0.15) is 5.69 Å². The van der Waals surface area contributed by atoms with Crippen molar-refractivity contribution in [2.45, 2.75) is 18.4 Å². The van der Waals surface area contributed by atoms with E-state index in [1.54, 1.807) is 0 Å². The highest BCUT2D eigenvalue weighted by Gasteiger charge is 2.52. The van der Waals surface area contributed by atoms with Crippen LogP contribution in [0.3, 0.4) is 0 Å². The first-order valence-corrected chi connectivity index (χ1v) is 6.33.